The number of likely N-dealkylation sites (N-methyl/N-ethyl adjacent to an activating group) is 1. The van der Waals surface area contributed by atoms with Gasteiger partial charge in [0.15, 0.2) is 0 Å². The minimum absolute atomic E-state index is 0. The van der Waals surface area contributed by atoms with Gasteiger partial charge in [-0.1, -0.05) is 0 Å². The van der Waals surface area contributed by atoms with Crippen LogP contribution in [0.25, 0.3) is 0 Å². The number of carbonyl (C=O) groups excluding carboxylic acids is 3. The quantitative estimate of drug-likeness (QED) is 0.356. The zero-order valence-electron chi connectivity index (χ0n) is 14.1. The van der Waals surface area contributed by atoms with Gasteiger partial charge in [0.25, 0.3) is 5.91 Å². The predicted octanol–water partition coefficient (Wildman–Crippen LogP) is -1.34. The number of amides is 4. The third-order valence-electron chi connectivity index (χ3n) is 3.46. The van der Waals surface area contributed by atoms with Gasteiger partial charge in [0, 0.05) is 19.0 Å². The van der Waals surface area contributed by atoms with E-state index in [4.69, 9.17) is 17.2 Å². The molecular weight excluding hydrogens is 373 g/mol. The van der Waals surface area contributed by atoms with E-state index < -0.39 is 18.0 Å². The van der Waals surface area contributed by atoms with Crippen molar-refractivity contribution in [3.63, 3.8) is 0 Å². The van der Waals surface area contributed by atoms with Gasteiger partial charge >= 0.3 is 6.03 Å². The van der Waals surface area contributed by atoms with Gasteiger partial charge in [-0.2, -0.15) is 0 Å². The lowest BCUT2D eigenvalue weighted by Crippen LogP contribution is -2.59. The smallest absolute Gasteiger partial charge is 0.318 e. The molecule has 0 aromatic heterocycles. The molecule has 0 aliphatic carbocycles. The van der Waals surface area contributed by atoms with Crippen LogP contribution in [0.15, 0.2) is 4.99 Å². The Hall–Kier alpha value is -1.62. The molecule has 2 atom stereocenters. The van der Waals surface area contributed by atoms with Crippen molar-refractivity contribution >= 4 is 48.6 Å². The molecule has 1 unspecified atom stereocenters. The fourth-order valence-corrected chi connectivity index (χ4v) is 2.32. The molecular formula is C13H27Cl2N7O3. The maximum Gasteiger partial charge on any atom is 0.318 e. The molecule has 1 rings (SSSR count). The van der Waals surface area contributed by atoms with Crippen LogP contribution in [0.4, 0.5) is 4.79 Å². The summed E-state index contributed by atoms with van der Waals surface area (Å²) in [7, 11) is 0. The summed E-state index contributed by atoms with van der Waals surface area (Å²) in [6, 6.07) is -1.84. The maximum atomic E-state index is 12.3. The van der Waals surface area contributed by atoms with Gasteiger partial charge in [0.1, 0.15) is 6.04 Å². The minimum Gasteiger partial charge on any atom is -0.351 e. The van der Waals surface area contributed by atoms with Crippen molar-refractivity contribution in [2.24, 2.45) is 22.2 Å². The molecule has 25 heavy (non-hydrogen) atoms. The van der Waals surface area contributed by atoms with Crippen LogP contribution in [0.5, 0.6) is 0 Å². The largest absolute Gasteiger partial charge is 0.351 e. The van der Waals surface area contributed by atoms with E-state index >= 15 is 0 Å². The molecule has 10 nitrogen and oxygen atoms in total. The van der Waals surface area contributed by atoms with Crippen molar-refractivity contribution in [1.82, 2.24) is 15.5 Å². The number of hydrogen-bond acceptors (Lipinski definition) is 6. The molecule has 0 spiro atoms. The van der Waals surface area contributed by atoms with Crippen molar-refractivity contribution in [3.05, 3.63) is 0 Å². The Balaban J connectivity index is 0. The van der Waals surface area contributed by atoms with E-state index in [-0.39, 0.29) is 55.7 Å². The Bertz CT molecular complexity index is 490. The number of halogens is 2. The average Bonchev–Trinajstić information content (AvgIpc) is 2.47. The molecule has 1 aliphatic rings. The van der Waals surface area contributed by atoms with Crippen molar-refractivity contribution < 1.29 is 14.4 Å². The number of hydrogen-bond donors (Lipinski definition) is 5. The van der Waals surface area contributed by atoms with Crippen LogP contribution in [0.2, 0.25) is 0 Å². The molecule has 0 aromatic carbocycles. The lowest BCUT2D eigenvalue weighted by atomic mass is 10.1. The highest BCUT2D eigenvalue weighted by molar-refractivity contribution is 6.07. The molecule has 4 amide bonds. The summed E-state index contributed by atoms with van der Waals surface area (Å²) in [5, 5.41) is 4.61. The van der Waals surface area contributed by atoms with E-state index in [0.717, 1.165) is 6.42 Å². The van der Waals surface area contributed by atoms with Gasteiger partial charge in [-0.15, -0.1) is 24.8 Å². The van der Waals surface area contributed by atoms with E-state index in [2.05, 4.69) is 15.6 Å². The van der Waals surface area contributed by atoms with Crippen LogP contribution >= 0.6 is 24.8 Å². The molecule has 12 heteroatoms. The average molecular weight is 400 g/mol. The Morgan fingerprint density at radius 1 is 1.44 bits per heavy atom. The summed E-state index contributed by atoms with van der Waals surface area (Å²) < 4.78 is 0. The summed E-state index contributed by atoms with van der Waals surface area (Å²) in [5.41, 5.74) is 16.3. The second-order valence-electron chi connectivity index (χ2n) is 5.26. The molecule has 146 valence electrons. The number of nitrogens with zero attached hydrogens (tertiary/aromatic N) is 2. The Labute approximate surface area is 159 Å². The van der Waals surface area contributed by atoms with Gasteiger partial charge in [-0.25, -0.2) is 9.79 Å². The van der Waals surface area contributed by atoms with Gasteiger partial charge in [0.05, 0.1) is 6.54 Å². The first-order valence-corrected chi connectivity index (χ1v) is 7.55. The van der Waals surface area contributed by atoms with Crippen LogP contribution < -0.4 is 27.8 Å². The zero-order valence-corrected chi connectivity index (χ0v) is 15.7. The number of nitrogens with two attached hydrogens (primary N) is 3. The third-order valence-corrected chi connectivity index (χ3v) is 3.46. The Morgan fingerprint density at radius 3 is 2.56 bits per heavy atom. The highest BCUT2D eigenvalue weighted by Gasteiger charge is 2.32. The number of aliphatic imine (C=N–C) groups is 1. The van der Waals surface area contributed by atoms with E-state index in [1.54, 1.807) is 6.92 Å². The summed E-state index contributed by atoms with van der Waals surface area (Å²) >= 11 is 0. The Morgan fingerprint density at radius 2 is 2.08 bits per heavy atom. The molecule has 8 N–H and O–H groups in total. The van der Waals surface area contributed by atoms with Crippen molar-refractivity contribution in [3.8, 4) is 0 Å². The summed E-state index contributed by atoms with van der Waals surface area (Å²) in [6.07, 6.45) is 1.55. The van der Waals surface area contributed by atoms with Crippen LogP contribution in [0.1, 0.15) is 26.2 Å². The lowest BCUT2D eigenvalue weighted by Gasteiger charge is -2.32. The molecule has 1 heterocycles. The monoisotopic (exact) mass is 399 g/mol. The van der Waals surface area contributed by atoms with E-state index in [9.17, 15) is 14.4 Å². The number of guanidine groups is 1. The highest BCUT2D eigenvalue weighted by Crippen LogP contribution is 2.09. The molecule has 0 bridgehead atoms. The third kappa shape index (κ3) is 8.34. The molecule has 0 radical (unpaired) electrons. The molecule has 1 aliphatic heterocycles. The normalized spacial score (nSPS) is 17.2. The first-order chi connectivity index (χ1) is 10.9. The summed E-state index contributed by atoms with van der Waals surface area (Å²) in [6.45, 7) is 2.71. The van der Waals surface area contributed by atoms with Crippen LogP contribution in [-0.2, 0) is 9.59 Å². The first-order valence-electron chi connectivity index (χ1n) is 7.55. The zero-order chi connectivity index (χ0) is 17.4. The van der Waals surface area contributed by atoms with Crippen molar-refractivity contribution in [2.45, 2.75) is 38.3 Å². The van der Waals surface area contributed by atoms with Crippen LogP contribution in [0.3, 0.4) is 0 Å². The topological polar surface area (TPSA) is 169 Å². The predicted molar refractivity (Wildman–Crippen MR) is 99.7 cm³/mol. The lowest BCUT2D eigenvalue weighted by molar-refractivity contribution is -0.140. The van der Waals surface area contributed by atoms with Gasteiger partial charge in [-0.05, 0) is 26.3 Å². The summed E-state index contributed by atoms with van der Waals surface area (Å²) in [4.78, 5) is 40.7. The fraction of sp³-hybridized carbons (Fsp3) is 0.692. The molecule has 0 saturated carbocycles. The SMILES string of the molecule is CCN(C(=O)C[C@@H](N)CCCN)C1CN=C(NC(N)=O)NC1=O.Cl.Cl. The van der Waals surface area contributed by atoms with Crippen molar-refractivity contribution in [2.75, 3.05) is 19.6 Å². The van der Waals surface area contributed by atoms with Crippen molar-refractivity contribution in [1.29, 1.82) is 0 Å². The Kier molecular flexibility index (Phi) is 13.0. The number of rotatable bonds is 7. The second-order valence-corrected chi connectivity index (χ2v) is 5.26. The fourth-order valence-electron chi connectivity index (χ4n) is 2.32. The second kappa shape index (κ2) is 12.7. The number of nitrogens with one attached hydrogen (secondary N) is 2. The standard InChI is InChI=1S/C13H25N7O3.2ClH/c1-2-20(10(21)6-8(15)4-3-5-14)9-7-17-13(18-11(9)22)19-12(16)23;;/h8-9H,2-7,14-15H2,1H3,(H4,16,17,18,19,22,23);2*1H/t8-,9?;;/m0../s1. The molecule has 0 aromatic rings. The number of carbonyl (C=O) groups is 3. The number of urea groups is 1. The van der Waals surface area contributed by atoms with E-state index in [0.29, 0.717) is 19.5 Å². The number of primary amides is 1. The maximum absolute atomic E-state index is 12.3. The van der Waals surface area contributed by atoms with Crippen LogP contribution in [-0.4, -0.2) is 60.4 Å². The van der Waals surface area contributed by atoms with Crippen LogP contribution in [0, 0.1) is 0 Å². The van der Waals surface area contributed by atoms with Gasteiger partial charge in [0.2, 0.25) is 11.9 Å². The minimum atomic E-state index is -0.822. The van der Waals surface area contributed by atoms with E-state index in [1.165, 1.54) is 4.90 Å². The molecule has 0 fully saturated rings. The molecule has 0 saturated heterocycles. The first kappa shape index (κ1) is 25.6. The van der Waals surface area contributed by atoms with Gasteiger partial charge in [-0.3, -0.25) is 20.2 Å². The highest BCUT2D eigenvalue weighted by atomic mass is 35.5. The van der Waals surface area contributed by atoms with E-state index in [1.807, 2.05) is 0 Å². The van der Waals surface area contributed by atoms with Gasteiger partial charge < -0.3 is 22.1 Å². The summed E-state index contributed by atoms with van der Waals surface area (Å²) in [5.74, 6) is -0.643.